The van der Waals surface area contributed by atoms with Crippen molar-refractivity contribution in [1.82, 2.24) is 24.2 Å². The molecule has 0 aliphatic carbocycles. The van der Waals surface area contributed by atoms with E-state index in [1.807, 2.05) is 17.5 Å². The van der Waals surface area contributed by atoms with Crippen molar-refractivity contribution in [2.24, 2.45) is 0 Å². The van der Waals surface area contributed by atoms with Gasteiger partial charge in [-0.25, -0.2) is 13.1 Å². The zero-order valence-corrected chi connectivity index (χ0v) is 15.3. The van der Waals surface area contributed by atoms with Gasteiger partial charge < -0.3 is 10.0 Å². The molecule has 0 saturated carbocycles. The highest BCUT2D eigenvalue weighted by atomic mass is 32.2. The van der Waals surface area contributed by atoms with Crippen LogP contribution in [0.5, 0.6) is 0 Å². The van der Waals surface area contributed by atoms with E-state index >= 15 is 0 Å². The number of rotatable bonds is 5. The molecule has 1 fully saturated rings. The molecule has 9 nitrogen and oxygen atoms in total. The normalized spacial score (nSPS) is 17.6. The van der Waals surface area contributed by atoms with Crippen LogP contribution in [0.3, 0.4) is 0 Å². The van der Waals surface area contributed by atoms with E-state index < -0.39 is 16.1 Å². The van der Waals surface area contributed by atoms with Crippen LogP contribution in [-0.2, 0) is 16.6 Å². The molecule has 1 atom stereocenters. The predicted molar refractivity (Wildman–Crippen MR) is 91.6 cm³/mol. The number of carbonyl (C=O) groups excluding carboxylic acids is 1. The van der Waals surface area contributed by atoms with E-state index in [9.17, 15) is 18.3 Å². The standard InChI is InChI=1S/C14H19N5O4S2/c1-25(22,23)19-6-4-17(5-7-19)14(21)11-9-18(16-15-11)10-12(20)13-3-2-8-24-13/h2-3,8-9,12,20H,4-7,10H2,1H3/t12-/m1/s1. The molecule has 1 saturated heterocycles. The molecule has 0 spiro atoms. The van der Waals surface area contributed by atoms with Gasteiger partial charge in [-0.2, -0.15) is 4.31 Å². The maximum atomic E-state index is 12.5. The summed E-state index contributed by atoms with van der Waals surface area (Å²) in [6.45, 7) is 1.39. The summed E-state index contributed by atoms with van der Waals surface area (Å²) in [5.41, 5.74) is 0.186. The number of nitrogens with zero attached hydrogens (tertiary/aromatic N) is 5. The van der Waals surface area contributed by atoms with Gasteiger partial charge >= 0.3 is 0 Å². The lowest BCUT2D eigenvalue weighted by atomic mass is 10.3. The number of sulfonamides is 1. The van der Waals surface area contributed by atoms with Gasteiger partial charge in [0.25, 0.3) is 5.91 Å². The molecule has 3 heterocycles. The SMILES string of the molecule is CS(=O)(=O)N1CCN(C(=O)c2cn(C[C@@H](O)c3cccs3)nn2)CC1. The van der Waals surface area contributed by atoms with Crippen LogP contribution < -0.4 is 0 Å². The summed E-state index contributed by atoms with van der Waals surface area (Å²) >= 11 is 1.45. The Labute approximate surface area is 149 Å². The van der Waals surface area contributed by atoms with Crippen LogP contribution in [0.4, 0.5) is 0 Å². The monoisotopic (exact) mass is 385 g/mol. The van der Waals surface area contributed by atoms with Gasteiger partial charge in [-0.15, -0.1) is 16.4 Å². The molecule has 0 bridgehead atoms. The molecule has 1 amide bonds. The molecule has 136 valence electrons. The minimum absolute atomic E-state index is 0.186. The fourth-order valence-electron chi connectivity index (χ4n) is 2.62. The van der Waals surface area contributed by atoms with Crippen molar-refractivity contribution >= 4 is 27.3 Å². The molecule has 0 aromatic carbocycles. The Morgan fingerprint density at radius 3 is 2.68 bits per heavy atom. The van der Waals surface area contributed by atoms with E-state index in [4.69, 9.17) is 0 Å². The molecule has 0 radical (unpaired) electrons. The van der Waals surface area contributed by atoms with E-state index in [2.05, 4.69) is 10.3 Å². The fraction of sp³-hybridized carbons (Fsp3) is 0.500. The van der Waals surface area contributed by atoms with Crippen LogP contribution in [0.15, 0.2) is 23.7 Å². The molecular weight excluding hydrogens is 366 g/mol. The second-order valence-electron chi connectivity index (χ2n) is 5.81. The Morgan fingerprint density at radius 2 is 2.08 bits per heavy atom. The third-order valence-electron chi connectivity index (χ3n) is 3.98. The van der Waals surface area contributed by atoms with Gasteiger partial charge in [-0.1, -0.05) is 11.3 Å². The van der Waals surface area contributed by atoms with E-state index in [-0.39, 0.29) is 31.2 Å². The van der Waals surface area contributed by atoms with Gasteiger partial charge in [0, 0.05) is 31.1 Å². The zero-order valence-electron chi connectivity index (χ0n) is 13.6. The summed E-state index contributed by atoms with van der Waals surface area (Å²) in [4.78, 5) is 14.8. The largest absolute Gasteiger partial charge is 0.386 e. The van der Waals surface area contributed by atoms with Crippen LogP contribution >= 0.6 is 11.3 Å². The van der Waals surface area contributed by atoms with Crippen molar-refractivity contribution in [1.29, 1.82) is 0 Å². The lowest BCUT2D eigenvalue weighted by Gasteiger charge is -2.32. The number of hydrogen-bond donors (Lipinski definition) is 1. The van der Waals surface area contributed by atoms with Crippen molar-refractivity contribution in [3.05, 3.63) is 34.3 Å². The Morgan fingerprint density at radius 1 is 1.36 bits per heavy atom. The minimum Gasteiger partial charge on any atom is -0.386 e. The van der Waals surface area contributed by atoms with Crippen LogP contribution in [0.2, 0.25) is 0 Å². The van der Waals surface area contributed by atoms with Crippen molar-refractivity contribution in [2.45, 2.75) is 12.6 Å². The molecule has 3 rings (SSSR count). The summed E-state index contributed by atoms with van der Waals surface area (Å²) in [7, 11) is -3.23. The van der Waals surface area contributed by atoms with Gasteiger partial charge in [-0.3, -0.25) is 4.79 Å². The Hall–Kier alpha value is -1.82. The summed E-state index contributed by atoms with van der Waals surface area (Å²) in [6, 6.07) is 3.69. The van der Waals surface area contributed by atoms with Crippen molar-refractivity contribution in [3.8, 4) is 0 Å². The zero-order chi connectivity index (χ0) is 18.0. The number of carbonyl (C=O) groups is 1. The van der Waals surface area contributed by atoms with E-state index in [1.54, 1.807) is 4.90 Å². The van der Waals surface area contributed by atoms with Crippen LogP contribution in [0.25, 0.3) is 0 Å². The highest BCUT2D eigenvalue weighted by molar-refractivity contribution is 7.88. The van der Waals surface area contributed by atoms with E-state index in [0.717, 1.165) is 11.1 Å². The third kappa shape index (κ3) is 4.24. The maximum Gasteiger partial charge on any atom is 0.276 e. The van der Waals surface area contributed by atoms with Gasteiger partial charge in [-0.05, 0) is 11.4 Å². The lowest BCUT2D eigenvalue weighted by molar-refractivity contribution is 0.0692. The second kappa shape index (κ2) is 7.20. The number of aliphatic hydroxyl groups is 1. The van der Waals surface area contributed by atoms with Crippen molar-refractivity contribution in [2.75, 3.05) is 32.4 Å². The highest BCUT2D eigenvalue weighted by Gasteiger charge is 2.28. The molecular formula is C14H19N5O4S2. The van der Waals surface area contributed by atoms with E-state index in [1.165, 1.54) is 26.5 Å². The first-order valence-corrected chi connectivity index (χ1v) is 10.4. The average molecular weight is 385 g/mol. The molecule has 1 N–H and O–H groups in total. The summed E-state index contributed by atoms with van der Waals surface area (Å²) in [5, 5.41) is 19.8. The summed E-state index contributed by atoms with van der Waals surface area (Å²) < 4.78 is 25.8. The number of aliphatic hydroxyl groups excluding tert-OH is 1. The smallest absolute Gasteiger partial charge is 0.276 e. The van der Waals surface area contributed by atoms with Gasteiger partial charge in [0.15, 0.2) is 5.69 Å². The maximum absolute atomic E-state index is 12.5. The first-order valence-electron chi connectivity index (χ1n) is 7.70. The molecule has 0 unspecified atom stereocenters. The highest BCUT2D eigenvalue weighted by Crippen LogP contribution is 2.20. The summed E-state index contributed by atoms with van der Waals surface area (Å²) in [5.74, 6) is -0.287. The number of piperazine rings is 1. The molecule has 1 aliphatic rings. The van der Waals surface area contributed by atoms with Crippen molar-refractivity contribution < 1.29 is 18.3 Å². The van der Waals surface area contributed by atoms with Gasteiger partial charge in [0.05, 0.1) is 19.0 Å². The lowest BCUT2D eigenvalue weighted by Crippen LogP contribution is -2.50. The molecule has 2 aromatic heterocycles. The van der Waals surface area contributed by atoms with Crippen LogP contribution in [-0.4, -0.2) is 76.1 Å². The van der Waals surface area contributed by atoms with E-state index in [0.29, 0.717) is 13.1 Å². The number of aromatic nitrogens is 3. The number of hydrogen-bond acceptors (Lipinski definition) is 7. The second-order valence-corrected chi connectivity index (χ2v) is 8.77. The predicted octanol–water partition coefficient (Wildman–Crippen LogP) is -0.209. The minimum atomic E-state index is -3.23. The number of thiophene rings is 1. The summed E-state index contributed by atoms with van der Waals surface area (Å²) in [6.07, 6.45) is 1.96. The quantitative estimate of drug-likeness (QED) is 0.763. The third-order valence-corrected chi connectivity index (χ3v) is 6.26. The molecule has 11 heteroatoms. The van der Waals surface area contributed by atoms with Crippen LogP contribution in [0.1, 0.15) is 21.5 Å². The molecule has 25 heavy (non-hydrogen) atoms. The fourth-order valence-corrected chi connectivity index (χ4v) is 4.15. The van der Waals surface area contributed by atoms with Gasteiger partial charge in [0.2, 0.25) is 10.0 Å². The number of amides is 1. The Bertz CT molecular complexity index is 825. The first kappa shape index (κ1) is 18.0. The van der Waals surface area contributed by atoms with Gasteiger partial charge in [0.1, 0.15) is 6.10 Å². The average Bonchev–Trinajstić information content (AvgIpc) is 3.25. The topological polar surface area (TPSA) is 109 Å². The first-order chi connectivity index (χ1) is 11.8. The molecule has 2 aromatic rings. The Kier molecular flexibility index (Phi) is 5.18. The van der Waals surface area contributed by atoms with Crippen LogP contribution in [0, 0.1) is 0 Å². The van der Waals surface area contributed by atoms with Crippen molar-refractivity contribution in [3.63, 3.8) is 0 Å². The molecule has 1 aliphatic heterocycles. The Balaban J connectivity index is 1.60.